The van der Waals surface area contributed by atoms with Crippen molar-refractivity contribution in [1.82, 2.24) is 0 Å². The molecule has 0 spiro atoms. The highest BCUT2D eigenvalue weighted by Crippen LogP contribution is 2.44. The van der Waals surface area contributed by atoms with Gasteiger partial charge in [0.05, 0.1) is 11.4 Å². The summed E-state index contributed by atoms with van der Waals surface area (Å²) in [4.78, 5) is 2.58. The molecule has 0 unspecified atom stereocenters. The van der Waals surface area contributed by atoms with Gasteiger partial charge in [-0.25, -0.2) is 0 Å². The van der Waals surface area contributed by atoms with E-state index in [9.17, 15) is 0 Å². The molecule has 84 valence electrons. The van der Waals surface area contributed by atoms with Crippen molar-refractivity contribution in [3.8, 4) is 0 Å². The quantitative estimate of drug-likeness (QED) is 0.655. The van der Waals surface area contributed by atoms with Crippen LogP contribution in [-0.4, -0.2) is 0 Å². The lowest BCUT2D eigenvalue weighted by atomic mass is 10.1. The van der Waals surface area contributed by atoms with Gasteiger partial charge in [-0.2, -0.15) is 0 Å². The second-order valence-electron chi connectivity index (χ2n) is 4.05. The summed E-state index contributed by atoms with van der Waals surface area (Å²) in [5.74, 6) is 0. The maximum atomic E-state index is 3.78. The van der Waals surface area contributed by atoms with Crippen LogP contribution in [-0.2, 0) is 6.42 Å². The second-order valence-corrected chi connectivity index (χ2v) is 5.13. The van der Waals surface area contributed by atoms with Crippen LogP contribution in [0.5, 0.6) is 0 Å². The number of para-hydroxylation sites is 1. The molecule has 0 fully saturated rings. The molecule has 0 aliphatic carbocycles. The van der Waals surface area contributed by atoms with Gasteiger partial charge in [-0.05, 0) is 36.2 Å². The van der Waals surface area contributed by atoms with Crippen LogP contribution in [0, 0.1) is 0 Å². The van der Waals surface area contributed by atoms with Gasteiger partial charge in [0, 0.05) is 9.79 Å². The zero-order chi connectivity index (χ0) is 11.7. The third-order valence-electron chi connectivity index (χ3n) is 2.80. The third-order valence-corrected chi connectivity index (χ3v) is 3.95. The van der Waals surface area contributed by atoms with Crippen molar-refractivity contribution in [2.75, 3.05) is 5.32 Å². The maximum absolute atomic E-state index is 3.78. The van der Waals surface area contributed by atoms with Crippen LogP contribution < -0.4 is 5.32 Å². The average molecular weight is 239 g/mol. The Balaban J connectivity index is 2.00. The highest BCUT2D eigenvalue weighted by molar-refractivity contribution is 7.99. The van der Waals surface area contributed by atoms with Gasteiger partial charge in [-0.1, -0.05) is 36.0 Å². The topological polar surface area (TPSA) is 12.0 Å². The zero-order valence-corrected chi connectivity index (χ0v) is 10.3. The first kappa shape index (κ1) is 10.5. The highest BCUT2D eigenvalue weighted by Gasteiger charge is 2.14. The molecule has 2 heteroatoms. The van der Waals surface area contributed by atoms with Crippen molar-refractivity contribution < 1.29 is 0 Å². The first-order valence-electron chi connectivity index (χ1n) is 5.64. The van der Waals surface area contributed by atoms with Crippen LogP contribution in [0.15, 0.2) is 64.9 Å². The molecular formula is C15H13NS. The fourth-order valence-electron chi connectivity index (χ4n) is 1.98. The Labute approximate surface area is 106 Å². The van der Waals surface area contributed by atoms with Crippen LogP contribution in [0.2, 0.25) is 0 Å². The molecule has 0 amide bonds. The second kappa shape index (κ2) is 4.30. The molecule has 2 aromatic rings. The summed E-state index contributed by atoms with van der Waals surface area (Å²) in [6, 6.07) is 15.0. The van der Waals surface area contributed by atoms with Crippen molar-refractivity contribution in [2.45, 2.75) is 16.2 Å². The van der Waals surface area contributed by atoms with E-state index in [4.69, 9.17) is 0 Å². The number of hydrogen-bond acceptors (Lipinski definition) is 2. The zero-order valence-electron chi connectivity index (χ0n) is 9.44. The molecule has 1 aliphatic heterocycles. The summed E-state index contributed by atoms with van der Waals surface area (Å²) in [6.07, 6.45) is 2.85. The molecule has 1 N–H and O–H groups in total. The van der Waals surface area contributed by atoms with Crippen molar-refractivity contribution in [1.29, 1.82) is 0 Å². The van der Waals surface area contributed by atoms with E-state index in [2.05, 4.69) is 54.4 Å². The van der Waals surface area contributed by atoms with Crippen LogP contribution in [0.3, 0.4) is 0 Å². The summed E-state index contributed by atoms with van der Waals surface area (Å²) in [6.45, 7) is 3.78. The number of benzene rings is 2. The number of rotatable bonds is 2. The summed E-state index contributed by atoms with van der Waals surface area (Å²) >= 11 is 1.82. The fraction of sp³-hybridized carbons (Fsp3) is 0.0667. The van der Waals surface area contributed by atoms with Crippen molar-refractivity contribution in [3.63, 3.8) is 0 Å². The normalized spacial score (nSPS) is 12.2. The summed E-state index contributed by atoms with van der Waals surface area (Å²) in [7, 11) is 0. The van der Waals surface area contributed by atoms with Crippen molar-refractivity contribution >= 4 is 23.1 Å². The molecule has 0 atom stereocenters. The molecular weight excluding hydrogens is 226 g/mol. The molecule has 0 saturated heterocycles. The maximum Gasteiger partial charge on any atom is 0.0529 e. The van der Waals surface area contributed by atoms with Gasteiger partial charge in [0.25, 0.3) is 0 Å². The number of hydrogen-bond donors (Lipinski definition) is 1. The lowest BCUT2D eigenvalue weighted by Crippen LogP contribution is -2.00. The minimum atomic E-state index is 0.918. The van der Waals surface area contributed by atoms with Gasteiger partial charge < -0.3 is 5.32 Å². The molecule has 0 bridgehead atoms. The molecule has 0 radical (unpaired) electrons. The minimum Gasteiger partial charge on any atom is -0.354 e. The molecule has 0 aromatic heterocycles. The Hall–Kier alpha value is -1.67. The van der Waals surface area contributed by atoms with E-state index in [1.807, 2.05) is 17.8 Å². The van der Waals surface area contributed by atoms with Crippen LogP contribution in [0.4, 0.5) is 11.4 Å². The third kappa shape index (κ3) is 1.96. The van der Waals surface area contributed by atoms with E-state index in [1.54, 1.807) is 0 Å². The van der Waals surface area contributed by atoms with E-state index in [1.165, 1.54) is 26.7 Å². The smallest absolute Gasteiger partial charge is 0.0529 e. The first-order valence-corrected chi connectivity index (χ1v) is 6.46. The molecule has 3 rings (SSSR count). The number of allylic oxidation sites excluding steroid dienone is 1. The SMILES string of the molecule is C=CCc1ccc2c(c1)Nc1ccccc1S2. The van der Waals surface area contributed by atoms with Crippen LogP contribution in [0.25, 0.3) is 0 Å². The van der Waals surface area contributed by atoms with Gasteiger partial charge in [0.2, 0.25) is 0 Å². The van der Waals surface area contributed by atoms with Gasteiger partial charge in [-0.3, -0.25) is 0 Å². The Morgan fingerprint density at radius 1 is 1.06 bits per heavy atom. The molecule has 1 nitrogen and oxygen atoms in total. The number of nitrogens with one attached hydrogen (secondary N) is 1. The van der Waals surface area contributed by atoms with Crippen molar-refractivity contribution in [3.05, 3.63) is 60.7 Å². The predicted molar refractivity (Wildman–Crippen MR) is 74.2 cm³/mol. The Morgan fingerprint density at radius 3 is 2.76 bits per heavy atom. The van der Waals surface area contributed by atoms with Gasteiger partial charge in [-0.15, -0.1) is 6.58 Å². The Kier molecular flexibility index (Phi) is 2.65. The largest absolute Gasteiger partial charge is 0.354 e. The molecule has 17 heavy (non-hydrogen) atoms. The van der Waals surface area contributed by atoms with Gasteiger partial charge >= 0.3 is 0 Å². The van der Waals surface area contributed by atoms with E-state index in [-0.39, 0.29) is 0 Å². The fourth-order valence-corrected chi connectivity index (χ4v) is 2.95. The van der Waals surface area contributed by atoms with Gasteiger partial charge in [0.15, 0.2) is 0 Å². The predicted octanol–water partition coefficient (Wildman–Crippen LogP) is 4.62. The Bertz CT molecular complexity index is 575. The highest BCUT2D eigenvalue weighted by atomic mass is 32.2. The number of fused-ring (bicyclic) bond motifs is 2. The Morgan fingerprint density at radius 2 is 1.88 bits per heavy atom. The molecule has 1 aliphatic rings. The number of anilines is 2. The molecule has 2 aromatic carbocycles. The van der Waals surface area contributed by atoms with Crippen molar-refractivity contribution in [2.24, 2.45) is 0 Å². The summed E-state index contributed by atoms with van der Waals surface area (Å²) in [5, 5.41) is 3.48. The average Bonchev–Trinajstić information content (AvgIpc) is 2.36. The summed E-state index contributed by atoms with van der Waals surface area (Å²) < 4.78 is 0. The van der Waals surface area contributed by atoms with E-state index in [0.717, 1.165) is 6.42 Å². The molecule has 1 heterocycles. The summed E-state index contributed by atoms with van der Waals surface area (Å²) in [5.41, 5.74) is 3.69. The monoisotopic (exact) mass is 239 g/mol. The lowest BCUT2D eigenvalue weighted by molar-refractivity contribution is 1.23. The minimum absolute atomic E-state index is 0.918. The van der Waals surface area contributed by atoms with E-state index >= 15 is 0 Å². The van der Waals surface area contributed by atoms with Gasteiger partial charge in [0.1, 0.15) is 0 Å². The van der Waals surface area contributed by atoms with Crippen LogP contribution >= 0.6 is 11.8 Å². The lowest BCUT2D eigenvalue weighted by Gasteiger charge is -2.21. The van der Waals surface area contributed by atoms with E-state index < -0.39 is 0 Å². The van der Waals surface area contributed by atoms with Crippen LogP contribution in [0.1, 0.15) is 5.56 Å². The first-order chi connectivity index (χ1) is 8.36. The standard InChI is InChI=1S/C15H13NS/c1-2-5-11-8-9-15-13(10-11)16-12-6-3-4-7-14(12)17-15/h2-4,6-10,16H,1,5H2. The molecule has 0 saturated carbocycles. The van der Waals surface area contributed by atoms with E-state index in [0.29, 0.717) is 0 Å².